The average Bonchev–Trinajstić information content (AvgIpc) is 3.19. The van der Waals surface area contributed by atoms with Crippen LogP contribution in [0.1, 0.15) is 0 Å². The summed E-state index contributed by atoms with van der Waals surface area (Å²) in [6.45, 7) is 0. The van der Waals surface area contributed by atoms with Crippen LogP contribution >= 0.6 is 0 Å². The molecule has 48 heavy (non-hydrogen) atoms. The minimum Gasteiger partial charge on any atom is -0.208 e. The molecule has 0 radical (unpaired) electrons. The predicted molar refractivity (Wildman–Crippen MR) is 198 cm³/mol. The van der Waals surface area contributed by atoms with Crippen LogP contribution in [-0.2, 0) is 0 Å². The van der Waals surface area contributed by atoms with Crippen LogP contribution in [0.3, 0.4) is 0 Å². The highest BCUT2D eigenvalue weighted by molar-refractivity contribution is 5.83. The van der Waals surface area contributed by atoms with Crippen molar-refractivity contribution in [3.05, 3.63) is 188 Å². The van der Waals surface area contributed by atoms with E-state index in [0.29, 0.717) is 17.5 Å². The van der Waals surface area contributed by atoms with Crippen LogP contribution in [-0.4, -0.2) is 15.0 Å². The first kappa shape index (κ1) is 29.0. The molecule has 3 heteroatoms. The van der Waals surface area contributed by atoms with Crippen LogP contribution in [0.15, 0.2) is 188 Å². The third kappa shape index (κ3) is 6.18. The van der Waals surface area contributed by atoms with Gasteiger partial charge in [-0.25, -0.2) is 15.0 Å². The molecule has 3 nitrogen and oxygen atoms in total. The summed E-state index contributed by atoms with van der Waals surface area (Å²) < 4.78 is 0. The summed E-state index contributed by atoms with van der Waals surface area (Å²) in [5, 5.41) is 0. The van der Waals surface area contributed by atoms with Crippen LogP contribution < -0.4 is 0 Å². The van der Waals surface area contributed by atoms with Crippen LogP contribution in [0, 0.1) is 0 Å². The fourth-order valence-corrected chi connectivity index (χ4v) is 6.04. The Morgan fingerprint density at radius 2 is 0.438 bits per heavy atom. The second-order valence-corrected chi connectivity index (χ2v) is 11.7. The smallest absolute Gasteiger partial charge is 0.164 e. The van der Waals surface area contributed by atoms with Gasteiger partial charge in [0.2, 0.25) is 0 Å². The molecule has 0 amide bonds. The third-order valence-corrected chi connectivity index (χ3v) is 8.50. The zero-order valence-corrected chi connectivity index (χ0v) is 26.2. The molecule has 1 heterocycles. The van der Waals surface area contributed by atoms with E-state index in [1.165, 1.54) is 27.8 Å². The Balaban J connectivity index is 1.21. The molecule has 226 valence electrons. The van der Waals surface area contributed by atoms with E-state index in [4.69, 9.17) is 15.0 Å². The van der Waals surface area contributed by atoms with E-state index in [2.05, 4.69) is 127 Å². The van der Waals surface area contributed by atoms with E-state index < -0.39 is 0 Å². The molecule has 1 aromatic heterocycles. The molecule has 7 aromatic carbocycles. The number of aromatic nitrogens is 3. The molecule has 0 bridgehead atoms. The molecule has 0 atom stereocenters. The standard InChI is InChI=1S/C45H31N3/c1-5-15-32(16-6-1)40-29-41(33-17-7-2-8-18-33)31-42(30-40)38-25-13-23-36(27-38)37-24-14-26-39(28-37)45-47-43(34-19-9-3-10-20-34)46-44(48-45)35-21-11-4-12-22-35/h1-31H. The first-order valence-corrected chi connectivity index (χ1v) is 16.1. The Morgan fingerprint density at radius 3 is 0.854 bits per heavy atom. The highest BCUT2D eigenvalue weighted by Gasteiger charge is 2.14. The normalized spacial score (nSPS) is 10.9. The summed E-state index contributed by atoms with van der Waals surface area (Å²) in [5.41, 5.74) is 12.2. The lowest BCUT2D eigenvalue weighted by Gasteiger charge is -2.13. The van der Waals surface area contributed by atoms with Gasteiger partial charge in [0, 0.05) is 16.7 Å². The summed E-state index contributed by atoms with van der Waals surface area (Å²) in [4.78, 5) is 14.8. The van der Waals surface area contributed by atoms with Gasteiger partial charge in [0.15, 0.2) is 17.5 Å². The fourth-order valence-electron chi connectivity index (χ4n) is 6.04. The maximum atomic E-state index is 4.95. The highest BCUT2D eigenvalue weighted by atomic mass is 15.0. The molecule has 8 rings (SSSR count). The predicted octanol–water partition coefficient (Wildman–Crippen LogP) is 11.5. The van der Waals surface area contributed by atoms with Crippen molar-refractivity contribution in [3.8, 4) is 78.7 Å². The lowest BCUT2D eigenvalue weighted by Crippen LogP contribution is -2.00. The van der Waals surface area contributed by atoms with Gasteiger partial charge in [-0.05, 0) is 74.8 Å². The fraction of sp³-hybridized carbons (Fsp3) is 0. The van der Waals surface area contributed by atoms with E-state index in [9.17, 15) is 0 Å². The van der Waals surface area contributed by atoms with Crippen LogP contribution in [0.5, 0.6) is 0 Å². The van der Waals surface area contributed by atoms with Crippen LogP contribution in [0.25, 0.3) is 78.7 Å². The zero-order valence-electron chi connectivity index (χ0n) is 26.2. The monoisotopic (exact) mass is 613 g/mol. The van der Waals surface area contributed by atoms with Gasteiger partial charge in [-0.1, -0.05) is 158 Å². The van der Waals surface area contributed by atoms with E-state index >= 15 is 0 Å². The summed E-state index contributed by atoms with van der Waals surface area (Å²) >= 11 is 0. The number of nitrogens with zero attached hydrogens (tertiary/aromatic N) is 3. The quantitative estimate of drug-likeness (QED) is 0.179. The van der Waals surface area contributed by atoms with Crippen LogP contribution in [0.4, 0.5) is 0 Å². The van der Waals surface area contributed by atoms with Crippen LogP contribution in [0.2, 0.25) is 0 Å². The molecule has 0 aliphatic rings. The van der Waals surface area contributed by atoms with Gasteiger partial charge in [0.05, 0.1) is 0 Å². The van der Waals surface area contributed by atoms with Gasteiger partial charge in [-0.3, -0.25) is 0 Å². The summed E-state index contributed by atoms with van der Waals surface area (Å²) in [5.74, 6) is 1.95. The van der Waals surface area contributed by atoms with E-state index in [1.807, 2.05) is 60.7 Å². The summed E-state index contributed by atoms with van der Waals surface area (Å²) in [6.07, 6.45) is 0. The zero-order chi connectivity index (χ0) is 32.1. The van der Waals surface area contributed by atoms with Crippen molar-refractivity contribution >= 4 is 0 Å². The van der Waals surface area contributed by atoms with E-state index in [0.717, 1.165) is 33.4 Å². The minimum absolute atomic E-state index is 0.642. The van der Waals surface area contributed by atoms with Crippen molar-refractivity contribution in [2.75, 3.05) is 0 Å². The molecule has 0 aliphatic heterocycles. The molecule has 0 saturated heterocycles. The summed E-state index contributed by atoms with van der Waals surface area (Å²) in [6, 6.07) is 65.4. The van der Waals surface area contributed by atoms with Gasteiger partial charge in [0.25, 0.3) is 0 Å². The molecular formula is C45H31N3. The lowest BCUT2D eigenvalue weighted by atomic mass is 9.92. The van der Waals surface area contributed by atoms with Gasteiger partial charge in [0.1, 0.15) is 0 Å². The van der Waals surface area contributed by atoms with Crippen molar-refractivity contribution < 1.29 is 0 Å². The maximum absolute atomic E-state index is 4.95. The Kier molecular flexibility index (Phi) is 7.92. The average molecular weight is 614 g/mol. The third-order valence-electron chi connectivity index (χ3n) is 8.50. The number of hydrogen-bond acceptors (Lipinski definition) is 3. The van der Waals surface area contributed by atoms with Gasteiger partial charge in [-0.2, -0.15) is 0 Å². The maximum Gasteiger partial charge on any atom is 0.164 e. The van der Waals surface area contributed by atoms with Gasteiger partial charge >= 0.3 is 0 Å². The number of rotatable bonds is 7. The van der Waals surface area contributed by atoms with Gasteiger partial charge in [-0.15, -0.1) is 0 Å². The van der Waals surface area contributed by atoms with Crippen molar-refractivity contribution in [2.24, 2.45) is 0 Å². The van der Waals surface area contributed by atoms with Crippen molar-refractivity contribution in [2.45, 2.75) is 0 Å². The van der Waals surface area contributed by atoms with Crippen molar-refractivity contribution in [1.82, 2.24) is 15.0 Å². The van der Waals surface area contributed by atoms with Crippen molar-refractivity contribution in [3.63, 3.8) is 0 Å². The molecule has 0 unspecified atom stereocenters. The second-order valence-electron chi connectivity index (χ2n) is 11.7. The molecule has 0 aliphatic carbocycles. The minimum atomic E-state index is 0.642. The van der Waals surface area contributed by atoms with Gasteiger partial charge < -0.3 is 0 Å². The first-order chi connectivity index (χ1) is 23.8. The number of hydrogen-bond donors (Lipinski definition) is 0. The molecule has 8 aromatic rings. The topological polar surface area (TPSA) is 38.7 Å². The first-order valence-electron chi connectivity index (χ1n) is 16.1. The van der Waals surface area contributed by atoms with E-state index in [-0.39, 0.29) is 0 Å². The molecule has 0 fully saturated rings. The molecular weight excluding hydrogens is 583 g/mol. The Hall–Kier alpha value is -6.45. The SMILES string of the molecule is c1ccc(-c2cc(-c3ccccc3)cc(-c3cccc(-c4cccc(-c5nc(-c6ccccc6)nc(-c6ccccc6)n5)c4)c3)c2)cc1. The Bertz CT molecular complexity index is 2030. The van der Waals surface area contributed by atoms with E-state index in [1.54, 1.807) is 0 Å². The molecule has 0 saturated carbocycles. The molecule has 0 N–H and O–H groups in total. The Labute approximate surface area is 280 Å². The highest BCUT2D eigenvalue weighted by Crippen LogP contribution is 2.35. The lowest BCUT2D eigenvalue weighted by molar-refractivity contribution is 1.07. The molecule has 0 spiro atoms. The summed E-state index contributed by atoms with van der Waals surface area (Å²) in [7, 11) is 0. The second kappa shape index (κ2) is 13.1. The Morgan fingerprint density at radius 1 is 0.188 bits per heavy atom. The van der Waals surface area contributed by atoms with Crippen molar-refractivity contribution in [1.29, 1.82) is 0 Å². The number of benzene rings is 7. The largest absolute Gasteiger partial charge is 0.208 e.